The number of rotatable bonds is 3. The monoisotopic (exact) mass is 361 g/mol. The van der Waals surface area contributed by atoms with Crippen molar-refractivity contribution < 1.29 is 4.39 Å². The third-order valence-electron chi connectivity index (χ3n) is 4.31. The van der Waals surface area contributed by atoms with E-state index in [0.717, 1.165) is 22.4 Å². The summed E-state index contributed by atoms with van der Waals surface area (Å²) in [6.07, 6.45) is 5.29. The van der Waals surface area contributed by atoms with Gasteiger partial charge in [-0.2, -0.15) is 5.26 Å². The van der Waals surface area contributed by atoms with E-state index in [1.807, 2.05) is 26.0 Å². The maximum Gasteiger partial charge on any atom is 0.141 e. The van der Waals surface area contributed by atoms with Gasteiger partial charge in [-0.25, -0.2) is 9.37 Å². The zero-order valence-electron chi connectivity index (χ0n) is 16.4. The summed E-state index contributed by atoms with van der Waals surface area (Å²) in [7, 11) is 0. The van der Waals surface area contributed by atoms with Crippen LogP contribution in [0.1, 0.15) is 52.9 Å². The second-order valence-corrected chi connectivity index (χ2v) is 6.13. The molecule has 0 bridgehead atoms. The number of nitriles is 1. The lowest BCUT2D eigenvalue weighted by Crippen LogP contribution is -1.96. The molecule has 1 N–H and O–H groups in total. The van der Waals surface area contributed by atoms with Gasteiger partial charge in [-0.3, -0.25) is 0 Å². The summed E-state index contributed by atoms with van der Waals surface area (Å²) in [6.45, 7) is 10.2. The van der Waals surface area contributed by atoms with E-state index < -0.39 is 5.82 Å². The van der Waals surface area contributed by atoms with Crippen LogP contribution in [0.4, 0.5) is 4.39 Å². The topological polar surface area (TPSA) is 52.5 Å². The van der Waals surface area contributed by atoms with Crippen molar-refractivity contribution in [1.29, 1.82) is 5.26 Å². The number of nitrogens with one attached hydrogen (secondary N) is 1. The summed E-state index contributed by atoms with van der Waals surface area (Å²) in [5, 5.41) is 8.90. The van der Waals surface area contributed by atoms with Crippen molar-refractivity contribution in [2.75, 3.05) is 0 Å². The fourth-order valence-electron chi connectivity index (χ4n) is 2.90. The van der Waals surface area contributed by atoms with Gasteiger partial charge in [-0.05, 0) is 61.2 Å². The summed E-state index contributed by atoms with van der Waals surface area (Å²) in [4.78, 5) is 7.25. The Morgan fingerprint density at radius 1 is 1.15 bits per heavy atom. The van der Waals surface area contributed by atoms with Crippen LogP contribution >= 0.6 is 0 Å². The van der Waals surface area contributed by atoms with Crippen LogP contribution in [-0.2, 0) is 0 Å². The molecule has 0 saturated heterocycles. The van der Waals surface area contributed by atoms with Crippen LogP contribution in [0.25, 0.3) is 11.6 Å². The number of hydrogen-bond acceptors (Lipinski definition) is 2. The predicted octanol–water partition coefficient (Wildman–Crippen LogP) is 5.96. The largest absolute Gasteiger partial charge is 0.345 e. The summed E-state index contributed by atoms with van der Waals surface area (Å²) in [5.74, 6) is -0.516. The second kappa shape index (κ2) is 8.95. The number of aromatic nitrogens is 2. The molecule has 0 spiro atoms. The summed E-state index contributed by atoms with van der Waals surface area (Å²) in [6, 6.07) is 10.7. The number of halogens is 1. The smallest absolute Gasteiger partial charge is 0.141 e. The van der Waals surface area contributed by atoms with Gasteiger partial charge in [0.25, 0.3) is 0 Å². The molecule has 0 aliphatic heterocycles. The third kappa shape index (κ3) is 4.51. The van der Waals surface area contributed by atoms with Crippen molar-refractivity contribution >= 4 is 11.6 Å². The van der Waals surface area contributed by atoms with Crippen LogP contribution in [-0.4, -0.2) is 9.97 Å². The Balaban J connectivity index is 0.00000126. The van der Waals surface area contributed by atoms with E-state index in [0.29, 0.717) is 5.56 Å². The minimum absolute atomic E-state index is 0.0443. The summed E-state index contributed by atoms with van der Waals surface area (Å²) in [5.41, 5.74) is 7.14. The lowest BCUT2D eigenvalue weighted by atomic mass is 9.92. The lowest BCUT2D eigenvalue weighted by molar-refractivity contribution is 0.623. The van der Waals surface area contributed by atoms with Crippen LogP contribution in [0, 0.1) is 37.9 Å². The first-order chi connectivity index (χ1) is 13.0. The highest BCUT2D eigenvalue weighted by Crippen LogP contribution is 2.30. The van der Waals surface area contributed by atoms with Crippen molar-refractivity contribution in [3.05, 3.63) is 87.7 Å². The molecule has 0 fully saturated rings. The Morgan fingerprint density at radius 2 is 1.89 bits per heavy atom. The molecule has 3 nitrogen and oxygen atoms in total. The highest BCUT2D eigenvalue weighted by molar-refractivity contribution is 5.91. The number of aromatic amines is 1. The van der Waals surface area contributed by atoms with Crippen LogP contribution in [0.15, 0.2) is 42.9 Å². The molecule has 138 valence electrons. The number of aryl methyl sites for hydroxylation is 2. The van der Waals surface area contributed by atoms with Gasteiger partial charge in [0, 0.05) is 5.57 Å². The van der Waals surface area contributed by atoms with Crippen molar-refractivity contribution in [3.8, 4) is 6.07 Å². The van der Waals surface area contributed by atoms with Crippen molar-refractivity contribution in [3.63, 3.8) is 0 Å². The van der Waals surface area contributed by atoms with E-state index in [9.17, 15) is 4.39 Å². The molecule has 4 heteroatoms. The highest BCUT2D eigenvalue weighted by atomic mass is 19.1. The quantitative estimate of drug-likeness (QED) is 0.585. The standard InChI is InChI=1S/C21H18FN3.C2H6/c1-13-6-14(2)15(3)18(7-13)19(21-11-24-12-25-21)8-16-4-5-17(10-23)20(22)9-16;1-2/h4-9,11-12H,1-3H3,(H,24,25);1-2H3/b19-8-;. The van der Waals surface area contributed by atoms with E-state index in [4.69, 9.17) is 5.26 Å². The predicted molar refractivity (Wildman–Crippen MR) is 109 cm³/mol. The molecule has 0 aliphatic carbocycles. The van der Waals surface area contributed by atoms with E-state index >= 15 is 0 Å². The fraction of sp³-hybridized carbons (Fsp3) is 0.217. The zero-order chi connectivity index (χ0) is 20.0. The third-order valence-corrected chi connectivity index (χ3v) is 4.31. The van der Waals surface area contributed by atoms with Crippen molar-refractivity contribution in [2.45, 2.75) is 34.6 Å². The Morgan fingerprint density at radius 3 is 2.48 bits per heavy atom. The minimum Gasteiger partial charge on any atom is -0.345 e. The molecule has 0 amide bonds. The second-order valence-electron chi connectivity index (χ2n) is 6.13. The Kier molecular flexibility index (Phi) is 6.67. The molecule has 1 aromatic heterocycles. The molecule has 0 saturated carbocycles. The van der Waals surface area contributed by atoms with Crippen LogP contribution in [0.2, 0.25) is 0 Å². The Labute approximate surface area is 160 Å². The maximum atomic E-state index is 14.0. The molecule has 1 heterocycles. The summed E-state index contributed by atoms with van der Waals surface area (Å²) >= 11 is 0. The van der Waals surface area contributed by atoms with Gasteiger partial charge < -0.3 is 4.98 Å². The molecule has 0 aliphatic rings. The van der Waals surface area contributed by atoms with E-state index in [-0.39, 0.29) is 5.56 Å². The van der Waals surface area contributed by atoms with Crippen LogP contribution < -0.4 is 0 Å². The van der Waals surface area contributed by atoms with Gasteiger partial charge in [0.1, 0.15) is 11.9 Å². The van der Waals surface area contributed by atoms with E-state index in [1.165, 1.54) is 23.3 Å². The van der Waals surface area contributed by atoms with Crippen molar-refractivity contribution in [1.82, 2.24) is 9.97 Å². The van der Waals surface area contributed by atoms with Gasteiger partial charge in [0.2, 0.25) is 0 Å². The first-order valence-corrected chi connectivity index (χ1v) is 8.98. The van der Waals surface area contributed by atoms with Gasteiger partial charge >= 0.3 is 0 Å². The van der Waals surface area contributed by atoms with Crippen molar-refractivity contribution in [2.24, 2.45) is 0 Å². The molecule has 27 heavy (non-hydrogen) atoms. The van der Waals surface area contributed by atoms with Crippen LogP contribution in [0.5, 0.6) is 0 Å². The normalized spacial score (nSPS) is 10.8. The summed E-state index contributed by atoms with van der Waals surface area (Å²) < 4.78 is 14.0. The van der Waals surface area contributed by atoms with E-state index in [2.05, 4.69) is 42.9 Å². The van der Waals surface area contributed by atoms with Crippen LogP contribution in [0.3, 0.4) is 0 Å². The van der Waals surface area contributed by atoms with Gasteiger partial charge in [0.05, 0.1) is 23.8 Å². The van der Waals surface area contributed by atoms with Gasteiger partial charge in [0.15, 0.2) is 0 Å². The number of hydrogen-bond donors (Lipinski definition) is 1. The van der Waals surface area contributed by atoms with E-state index in [1.54, 1.807) is 18.6 Å². The minimum atomic E-state index is -0.516. The molecule has 0 atom stereocenters. The molecule has 0 unspecified atom stereocenters. The Hall–Kier alpha value is -3.19. The Bertz CT molecular complexity index is 993. The zero-order valence-corrected chi connectivity index (χ0v) is 16.4. The molecule has 2 aromatic carbocycles. The average molecular weight is 361 g/mol. The number of H-pyrrole nitrogens is 1. The number of imidazole rings is 1. The maximum absolute atomic E-state index is 14.0. The number of benzene rings is 2. The first-order valence-electron chi connectivity index (χ1n) is 8.98. The highest BCUT2D eigenvalue weighted by Gasteiger charge is 2.12. The fourth-order valence-corrected chi connectivity index (χ4v) is 2.90. The van der Waals surface area contributed by atoms with Gasteiger partial charge in [-0.1, -0.05) is 37.6 Å². The molecule has 3 rings (SSSR count). The SMILES string of the molecule is CC.Cc1cc(C)c(C)c(/C(=C/c2ccc(C#N)c(F)c2)c2cnc[nH]2)c1. The first kappa shape index (κ1) is 20.1. The molecular weight excluding hydrogens is 337 g/mol. The lowest BCUT2D eigenvalue weighted by Gasteiger charge is -2.14. The average Bonchev–Trinajstić information content (AvgIpc) is 3.19. The number of nitrogens with zero attached hydrogens (tertiary/aromatic N) is 2. The molecule has 3 aromatic rings. The molecule has 0 radical (unpaired) electrons. The molecular formula is C23H24FN3. The van der Waals surface area contributed by atoms with Gasteiger partial charge in [-0.15, -0.1) is 0 Å².